The predicted octanol–water partition coefficient (Wildman–Crippen LogP) is 7.44. The zero-order valence-electron chi connectivity index (χ0n) is 20.7. The maximum Gasteiger partial charge on any atom is 0.0372 e. The van der Waals surface area contributed by atoms with E-state index in [2.05, 4.69) is 137 Å². The molecule has 0 unspecified atom stereocenters. The van der Waals surface area contributed by atoms with E-state index < -0.39 is 0 Å². The van der Waals surface area contributed by atoms with Gasteiger partial charge in [0, 0.05) is 25.2 Å². The fourth-order valence-electron chi connectivity index (χ4n) is 4.35. The van der Waals surface area contributed by atoms with Crippen molar-refractivity contribution in [3.05, 3.63) is 107 Å². The molecule has 0 bridgehead atoms. The van der Waals surface area contributed by atoms with Gasteiger partial charge in [0.15, 0.2) is 0 Å². The number of hydrogen-bond donors (Lipinski definition) is 2. The van der Waals surface area contributed by atoms with Gasteiger partial charge in [-0.15, -0.1) is 0 Å². The summed E-state index contributed by atoms with van der Waals surface area (Å²) in [5, 5.41) is 7.58. The molecule has 2 nitrogen and oxygen atoms in total. The average Bonchev–Trinajstić information content (AvgIpc) is 2.75. The summed E-state index contributed by atoms with van der Waals surface area (Å²) in [5.41, 5.74) is 5.60. The molecule has 3 rings (SSSR count). The Hall–Kier alpha value is -2.42. The van der Waals surface area contributed by atoms with Crippen LogP contribution in [0.2, 0.25) is 0 Å². The van der Waals surface area contributed by atoms with Crippen LogP contribution in [0.5, 0.6) is 0 Å². The molecular weight excluding hydrogens is 388 g/mol. The van der Waals surface area contributed by atoms with Crippen molar-refractivity contribution in [1.82, 2.24) is 10.6 Å². The molecule has 0 spiro atoms. The zero-order valence-corrected chi connectivity index (χ0v) is 20.7. The van der Waals surface area contributed by atoms with Gasteiger partial charge in [0.1, 0.15) is 0 Å². The lowest BCUT2D eigenvalue weighted by Crippen LogP contribution is -2.32. The van der Waals surface area contributed by atoms with Gasteiger partial charge >= 0.3 is 0 Å². The van der Waals surface area contributed by atoms with E-state index in [1.54, 1.807) is 0 Å². The quantitative estimate of drug-likeness (QED) is 0.389. The molecule has 0 radical (unpaired) electrons. The third kappa shape index (κ3) is 6.79. The SMILES string of the molecule is CC(C)(C)[C@H](NCc1ccc(CN[C@@H](c2ccccc2)C(C)(C)C)cc1)c1ccccc1. The monoisotopic (exact) mass is 428 g/mol. The molecule has 0 aromatic heterocycles. The first kappa shape index (κ1) is 24.2. The van der Waals surface area contributed by atoms with Crippen LogP contribution in [0.1, 0.15) is 75.9 Å². The van der Waals surface area contributed by atoms with Crippen molar-refractivity contribution in [2.24, 2.45) is 10.8 Å². The van der Waals surface area contributed by atoms with Gasteiger partial charge in [0.25, 0.3) is 0 Å². The molecule has 3 aromatic rings. The van der Waals surface area contributed by atoms with Gasteiger partial charge in [-0.25, -0.2) is 0 Å². The molecule has 0 aliphatic heterocycles. The van der Waals surface area contributed by atoms with Crippen LogP contribution in [0.25, 0.3) is 0 Å². The molecular formula is C30H40N2. The molecule has 0 aliphatic rings. The number of hydrogen-bond acceptors (Lipinski definition) is 2. The first-order chi connectivity index (χ1) is 15.1. The van der Waals surface area contributed by atoms with Crippen LogP contribution in [0.3, 0.4) is 0 Å². The van der Waals surface area contributed by atoms with E-state index in [1.165, 1.54) is 22.3 Å². The molecule has 2 N–H and O–H groups in total. The molecule has 0 saturated carbocycles. The molecule has 0 heterocycles. The van der Waals surface area contributed by atoms with Gasteiger partial charge in [-0.2, -0.15) is 0 Å². The zero-order chi connectivity index (χ0) is 23.2. The lowest BCUT2D eigenvalue weighted by Gasteiger charge is -2.32. The van der Waals surface area contributed by atoms with E-state index in [0.29, 0.717) is 12.1 Å². The summed E-state index contributed by atoms with van der Waals surface area (Å²) in [4.78, 5) is 0. The largest absolute Gasteiger partial charge is 0.305 e. The van der Waals surface area contributed by atoms with Gasteiger partial charge < -0.3 is 10.6 Å². The van der Waals surface area contributed by atoms with Crippen LogP contribution in [0.4, 0.5) is 0 Å². The Morgan fingerprint density at radius 1 is 0.500 bits per heavy atom. The molecule has 32 heavy (non-hydrogen) atoms. The molecule has 3 aromatic carbocycles. The highest BCUT2D eigenvalue weighted by Crippen LogP contribution is 2.34. The Balaban J connectivity index is 1.62. The minimum Gasteiger partial charge on any atom is -0.305 e. The maximum absolute atomic E-state index is 3.79. The lowest BCUT2D eigenvalue weighted by atomic mass is 9.82. The molecule has 170 valence electrons. The van der Waals surface area contributed by atoms with E-state index in [-0.39, 0.29) is 10.8 Å². The minimum atomic E-state index is 0.143. The van der Waals surface area contributed by atoms with E-state index in [1.807, 2.05) is 0 Å². The summed E-state index contributed by atoms with van der Waals surface area (Å²) < 4.78 is 0. The third-order valence-corrected chi connectivity index (χ3v) is 6.04. The van der Waals surface area contributed by atoms with E-state index in [4.69, 9.17) is 0 Å². The lowest BCUT2D eigenvalue weighted by molar-refractivity contribution is 0.270. The van der Waals surface area contributed by atoms with Crippen molar-refractivity contribution in [3.8, 4) is 0 Å². The van der Waals surface area contributed by atoms with Crippen molar-refractivity contribution in [1.29, 1.82) is 0 Å². The maximum atomic E-state index is 3.79. The Labute approximate surface area is 195 Å². The van der Waals surface area contributed by atoms with E-state index in [9.17, 15) is 0 Å². The molecule has 2 atom stereocenters. The predicted molar refractivity (Wildman–Crippen MR) is 137 cm³/mol. The number of rotatable bonds is 8. The van der Waals surface area contributed by atoms with Gasteiger partial charge in [0.2, 0.25) is 0 Å². The van der Waals surface area contributed by atoms with Crippen LogP contribution in [-0.4, -0.2) is 0 Å². The Morgan fingerprint density at radius 3 is 1.09 bits per heavy atom. The molecule has 0 aliphatic carbocycles. The highest BCUT2D eigenvalue weighted by atomic mass is 14.9. The number of benzene rings is 3. The van der Waals surface area contributed by atoms with Gasteiger partial charge in [-0.3, -0.25) is 0 Å². The summed E-state index contributed by atoms with van der Waals surface area (Å²) in [6, 6.07) is 31.2. The normalized spacial score (nSPS) is 14.2. The standard InChI is InChI=1S/C30H40N2/c1-29(2,3)27(25-13-9-7-10-14-25)31-21-23-17-19-24(20-18-23)22-32-28(30(4,5)6)26-15-11-8-12-16-26/h7-20,27-28,31-32H,21-22H2,1-6H3/t27-,28+. The Morgan fingerprint density at radius 2 is 0.812 bits per heavy atom. The molecule has 0 amide bonds. The van der Waals surface area contributed by atoms with Crippen molar-refractivity contribution < 1.29 is 0 Å². The van der Waals surface area contributed by atoms with Crippen LogP contribution < -0.4 is 10.6 Å². The van der Waals surface area contributed by atoms with Crippen molar-refractivity contribution >= 4 is 0 Å². The summed E-state index contributed by atoms with van der Waals surface area (Å²) in [6.45, 7) is 15.5. The summed E-state index contributed by atoms with van der Waals surface area (Å²) in [5.74, 6) is 0. The topological polar surface area (TPSA) is 24.1 Å². The van der Waals surface area contributed by atoms with Gasteiger partial charge in [0.05, 0.1) is 0 Å². The second kappa shape index (κ2) is 10.5. The summed E-state index contributed by atoms with van der Waals surface area (Å²) in [7, 11) is 0. The van der Waals surface area contributed by atoms with Gasteiger partial charge in [-0.1, -0.05) is 126 Å². The van der Waals surface area contributed by atoms with Crippen molar-refractivity contribution in [3.63, 3.8) is 0 Å². The van der Waals surface area contributed by atoms with Crippen LogP contribution >= 0.6 is 0 Å². The second-order valence-electron chi connectivity index (χ2n) is 11.0. The van der Waals surface area contributed by atoms with Crippen LogP contribution in [0.15, 0.2) is 84.9 Å². The van der Waals surface area contributed by atoms with Crippen molar-refractivity contribution in [2.45, 2.75) is 66.7 Å². The first-order valence-electron chi connectivity index (χ1n) is 11.8. The van der Waals surface area contributed by atoms with Crippen molar-refractivity contribution in [2.75, 3.05) is 0 Å². The minimum absolute atomic E-state index is 0.143. The second-order valence-corrected chi connectivity index (χ2v) is 11.0. The third-order valence-electron chi connectivity index (χ3n) is 6.04. The average molecular weight is 429 g/mol. The van der Waals surface area contributed by atoms with Crippen LogP contribution in [0, 0.1) is 10.8 Å². The van der Waals surface area contributed by atoms with E-state index >= 15 is 0 Å². The smallest absolute Gasteiger partial charge is 0.0372 e. The molecule has 0 saturated heterocycles. The first-order valence-corrected chi connectivity index (χ1v) is 11.8. The highest BCUT2D eigenvalue weighted by molar-refractivity contribution is 5.25. The highest BCUT2D eigenvalue weighted by Gasteiger charge is 2.26. The summed E-state index contributed by atoms with van der Waals surface area (Å²) >= 11 is 0. The van der Waals surface area contributed by atoms with E-state index in [0.717, 1.165) is 13.1 Å². The molecule has 2 heteroatoms. The van der Waals surface area contributed by atoms with Gasteiger partial charge in [-0.05, 0) is 33.1 Å². The number of nitrogens with one attached hydrogen (secondary N) is 2. The Kier molecular flexibility index (Phi) is 7.92. The Bertz CT molecular complexity index is 852. The molecule has 0 fully saturated rings. The fraction of sp³-hybridized carbons (Fsp3) is 0.400. The summed E-state index contributed by atoms with van der Waals surface area (Å²) in [6.07, 6.45) is 0. The van der Waals surface area contributed by atoms with Crippen LogP contribution in [-0.2, 0) is 13.1 Å². The fourth-order valence-corrected chi connectivity index (χ4v) is 4.35.